The number of carboxylic acid groups (broad SMARTS) is 1. The van der Waals surface area contributed by atoms with E-state index < -0.39 is 11.9 Å². The molecule has 0 aliphatic carbocycles. The van der Waals surface area contributed by atoms with Crippen LogP contribution in [0.2, 0.25) is 0 Å². The highest BCUT2D eigenvalue weighted by molar-refractivity contribution is 5.99. The lowest BCUT2D eigenvalue weighted by Gasteiger charge is -2.04. The Hall–Kier alpha value is -2.44. The Labute approximate surface area is 102 Å². The van der Waals surface area contributed by atoms with Crippen LogP contribution in [0.3, 0.4) is 0 Å². The van der Waals surface area contributed by atoms with E-state index in [1.54, 1.807) is 0 Å². The molecule has 1 amide bonds. The van der Waals surface area contributed by atoms with Crippen molar-refractivity contribution in [2.45, 2.75) is 19.8 Å². The van der Waals surface area contributed by atoms with Gasteiger partial charge in [-0.3, -0.25) is 4.79 Å². The molecule has 0 aliphatic rings. The molecule has 18 heavy (non-hydrogen) atoms. The van der Waals surface area contributed by atoms with Crippen LogP contribution in [0.25, 0.3) is 5.65 Å². The van der Waals surface area contributed by atoms with Crippen molar-refractivity contribution in [1.82, 2.24) is 14.6 Å². The van der Waals surface area contributed by atoms with Crippen LogP contribution in [0.5, 0.6) is 0 Å². The molecule has 2 rings (SSSR count). The number of rotatable bonds is 4. The quantitative estimate of drug-likeness (QED) is 0.817. The number of hydrogen-bond acceptors (Lipinski definition) is 4. The van der Waals surface area contributed by atoms with E-state index >= 15 is 0 Å². The molecule has 7 heteroatoms. The van der Waals surface area contributed by atoms with E-state index in [1.807, 2.05) is 6.92 Å². The summed E-state index contributed by atoms with van der Waals surface area (Å²) in [5.74, 6) is -1.80. The number of carbonyl (C=O) groups excluding carboxylic acids is 1. The molecular weight excluding hydrogens is 236 g/mol. The van der Waals surface area contributed by atoms with E-state index in [4.69, 9.17) is 10.8 Å². The summed E-state index contributed by atoms with van der Waals surface area (Å²) < 4.78 is 1.11. The van der Waals surface area contributed by atoms with Gasteiger partial charge in [-0.05, 0) is 12.5 Å². The first-order chi connectivity index (χ1) is 8.54. The first kappa shape index (κ1) is 12.0. The molecule has 2 aromatic rings. The fraction of sp³-hybridized carbons (Fsp3) is 0.273. The third kappa shape index (κ3) is 1.90. The van der Waals surface area contributed by atoms with Gasteiger partial charge in [-0.1, -0.05) is 13.3 Å². The number of carboxylic acids is 1. The van der Waals surface area contributed by atoms with Crippen LogP contribution in [-0.4, -0.2) is 31.6 Å². The van der Waals surface area contributed by atoms with E-state index in [2.05, 4.69) is 10.1 Å². The fourth-order valence-corrected chi connectivity index (χ4v) is 1.72. The van der Waals surface area contributed by atoms with Gasteiger partial charge in [0.25, 0.3) is 5.91 Å². The van der Waals surface area contributed by atoms with Crippen LogP contribution in [0.1, 0.15) is 39.9 Å². The topological polar surface area (TPSA) is 111 Å². The summed E-state index contributed by atoms with van der Waals surface area (Å²) >= 11 is 0. The van der Waals surface area contributed by atoms with Crippen molar-refractivity contribution in [3.8, 4) is 0 Å². The second-order valence-electron chi connectivity index (χ2n) is 3.85. The summed E-state index contributed by atoms with van der Waals surface area (Å²) in [4.78, 5) is 26.6. The molecule has 2 heterocycles. The molecule has 3 N–H and O–H groups in total. The largest absolute Gasteiger partial charge is 0.477 e. The third-order valence-corrected chi connectivity index (χ3v) is 2.52. The summed E-state index contributed by atoms with van der Waals surface area (Å²) in [6, 6.07) is 1.45. The Kier molecular flexibility index (Phi) is 2.97. The normalized spacial score (nSPS) is 10.7. The van der Waals surface area contributed by atoms with Crippen molar-refractivity contribution in [2.24, 2.45) is 5.73 Å². The number of fused-ring (bicyclic) bond motifs is 1. The molecule has 0 radical (unpaired) electrons. The van der Waals surface area contributed by atoms with Gasteiger partial charge < -0.3 is 10.8 Å². The van der Waals surface area contributed by atoms with Crippen molar-refractivity contribution in [1.29, 1.82) is 0 Å². The monoisotopic (exact) mass is 248 g/mol. The van der Waals surface area contributed by atoms with Gasteiger partial charge in [0.1, 0.15) is 5.56 Å². The molecule has 2 aromatic heterocycles. The Bertz CT molecular complexity index is 632. The fourth-order valence-electron chi connectivity index (χ4n) is 1.72. The van der Waals surface area contributed by atoms with Gasteiger partial charge in [0.05, 0.1) is 6.20 Å². The zero-order valence-corrected chi connectivity index (χ0v) is 9.75. The highest BCUT2D eigenvalue weighted by Crippen LogP contribution is 2.13. The number of aryl methyl sites for hydroxylation is 1. The van der Waals surface area contributed by atoms with Gasteiger partial charge in [0.15, 0.2) is 11.3 Å². The van der Waals surface area contributed by atoms with Gasteiger partial charge in [0.2, 0.25) is 0 Å². The van der Waals surface area contributed by atoms with Gasteiger partial charge >= 0.3 is 5.97 Å². The van der Waals surface area contributed by atoms with Crippen LogP contribution in [0.15, 0.2) is 12.3 Å². The number of aromatic nitrogens is 3. The number of amides is 1. The number of primary amides is 1. The number of carbonyl (C=O) groups is 2. The molecule has 0 spiro atoms. The lowest BCUT2D eigenvalue weighted by molar-refractivity contribution is 0.0686. The molecule has 94 valence electrons. The zero-order valence-electron chi connectivity index (χ0n) is 9.75. The predicted molar refractivity (Wildman–Crippen MR) is 62.5 cm³/mol. The van der Waals surface area contributed by atoms with Crippen LogP contribution >= 0.6 is 0 Å². The molecule has 0 bridgehead atoms. The number of aromatic carboxylic acids is 1. The summed E-state index contributed by atoms with van der Waals surface area (Å²) in [5.41, 5.74) is 6.07. The van der Waals surface area contributed by atoms with E-state index in [1.165, 1.54) is 12.3 Å². The van der Waals surface area contributed by atoms with Crippen molar-refractivity contribution < 1.29 is 14.7 Å². The Balaban J connectivity index is 2.75. The molecule has 0 saturated heterocycles. The average molecular weight is 248 g/mol. The van der Waals surface area contributed by atoms with E-state index in [9.17, 15) is 9.59 Å². The second kappa shape index (κ2) is 4.44. The smallest absolute Gasteiger partial charge is 0.354 e. The van der Waals surface area contributed by atoms with Gasteiger partial charge in [-0.15, -0.1) is 0 Å². The lowest BCUT2D eigenvalue weighted by atomic mass is 10.2. The maximum absolute atomic E-state index is 11.2. The van der Waals surface area contributed by atoms with Gasteiger partial charge in [-0.2, -0.15) is 5.10 Å². The predicted octanol–water partition coefficient (Wildman–Crippen LogP) is 0.479. The van der Waals surface area contributed by atoms with Crippen molar-refractivity contribution in [2.75, 3.05) is 0 Å². The van der Waals surface area contributed by atoms with Crippen LogP contribution in [0, 0.1) is 0 Å². The van der Waals surface area contributed by atoms with E-state index in [0.717, 1.165) is 10.9 Å². The summed E-state index contributed by atoms with van der Waals surface area (Å²) in [6.45, 7) is 1.96. The number of nitrogens with two attached hydrogens (primary N) is 1. The Morgan fingerprint density at radius 1 is 1.50 bits per heavy atom. The lowest BCUT2D eigenvalue weighted by Crippen LogP contribution is -2.13. The first-order valence-electron chi connectivity index (χ1n) is 5.45. The van der Waals surface area contributed by atoms with Gasteiger partial charge in [0, 0.05) is 5.69 Å². The molecular formula is C11H12N4O3. The van der Waals surface area contributed by atoms with Crippen molar-refractivity contribution in [3.05, 3.63) is 29.2 Å². The molecule has 0 aliphatic heterocycles. The first-order valence-corrected chi connectivity index (χ1v) is 5.45. The molecule has 7 nitrogen and oxygen atoms in total. The average Bonchev–Trinajstić information content (AvgIpc) is 2.71. The second-order valence-corrected chi connectivity index (χ2v) is 3.85. The maximum atomic E-state index is 11.2. The number of nitrogens with zero attached hydrogens (tertiary/aromatic N) is 3. The van der Waals surface area contributed by atoms with Gasteiger partial charge in [-0.25, -0.2) is 14.3 Å². The molecule has 0 saturated carbocycles. The minimum absolute atomic E-state index is 0.0315. The molecule has 0 unspecified atom stereocenters. The van der Waals surface area contributed by atoms with Crippen LogP contribution < -0.4 is 5.73 Å². The van der Waals surface area contributed by atoms with E-state index in [-0.39, 0.29) is 16.9 Å². The van der Waals surface area contributed by atoms with Crippen molar-refractivity contribution in [3.63, 3.8) is 0 Å². The zero-order chi connectivity index (χ0) is 13.3. The van der Waals surface area contributed by atoms with Crippen molar-refractivity contribution >= 4 is 17.5 Å². The molecule has 0 aromatic carbocycles. The maximum Gasteiger partial charge on any atom is 0.354 e. The minimum atomic E-state index is -1.13. The number of hydrogen-bond donors (Lipinski definition) is 2. The Morgan fingerprint density at radius 3 is 2.78 bits per heavy atom. The molecule has 0 atom stereocenters. The summed E-state index contributed by atoms with van der Waals surface area (Å²) in [7, 11) is 0. The molecule has 0 fully saturated rings. The standard InChI is InChI=1S/C11H12N4O3/c1-2-3-6-4-8(11(17)18)15-10(14-6)7(5-13-15)9(12)16/h4-5H,2-3H2,1H3,(H2,12,16)(H,17,18). The Morgan fingerprint density at radius 2 is 2.22 bits per heavy atom. The highest BCUT2D eigenvalue weighted by Gasteiger charge is 2.17. The van der Waals surface area contributed by atoms with Crippen LogP contribution in [0.4, 0.5) is 0 Å². The highest BCUT2D eigenvalue weighted by atomic mass is 16.4. The third-order valence-electron chi connectivity index (χ3n) is 2.52. The minimum Gasteiger partial charge on any atom is -0.477 e. The SMILES string of the molecule is CCCc1cc(C(=O)O)n2ncc(C(N)=O)c2n1. The van der Waals surface area contributed by atoms with E-state index in [0.29, 0.717) is 12.1 Å². The van der Waals surface area contributed by atoms with Crippen LogP contribution in [-0.2, 0) is 6.42 Å². The summed E-state index contributed by atoms with van der Waals surface area (Å²) in [5, 5.41) is 13.0. The summed E-state index contributed by atoms with van der Waals surface area (Å²) in [6.07, 6.45) is 2.68.